The number of ether oxygens (including phenoxy) is 1. The van der Waals surface area contributed by atoms with Crippen LogP contribution in [0, 0.1) is 12.8 Å². The SMILES string of the molecule is CCOC(=O)c1cc(N2CCCC2)cc(C2=C[CH]C=C2)c1O.[CH]1C=CC=C1.[Fe]. The number of allylic oxidation sites excluding steroid dienone is 8. The molecule has 1 fully saturated rings. The van der Waals surface area contributed by atoms with Gasteiger partial charge in [0.2, 0.25) is 0 Å². The number of esters is 1. The molecule has 28 heavy (non-hydrogen) atoms. The van der Waals surface area contributed by atoms with Gasteiger partial charge in [-0.3, -0.25) is 0 Å². The Hall–Kier alpha value is -2.23. The van der Waals surface area contributed by atoms with Crippen molar-refractivity contribution in [2.75, 3.05) is 24.6 Å². The van der Waals surface area contributed by atoms with Gasteiger partial charge in [0.05, 0.1) is 6.61 Å². The number of hydrogen-bond acceptors (Lipinski definition) is 4. The van der Waals surface area contributed by atoms with E-state index in [1.807, 2.05) is 61.4 Å². The minimum Gasteiger partial charge on any atom is -0.506 e. The molecule has 5 heteroatoms. The molecule has 1 saturated heterocycles. The number of anilines is 1. The van der Waals surface area contributed by atoms with Crippen molar-refractivity contribution in [3.05, 3.63) is 78.6 Å². The molecule has 2 radical (unpaired) electrons. The van der Waals surface area contributed by atoms with E-state index in [4.69, 9.17) is 4.74 Å². The molecule has 1 aliphatic heterocycles. The number of phenols is 1. The fourth-order valence-electron chi connectivity index (χ4n) is 3.24. The molecule has 148 valence electrons. The summed E-state index contributed by atoms with van der Waals surface area (Å²) in [5.41, 5.74) is 2.79. The summed E-state index contributed by atoms with van der Waals surface area (Å²) >= 11 is 0. The normalized spacial score (nSPS) is 16.5. The summed E-state index contributed by atoms with van der Waals surface area (Å²) < 4.78 is 5.08. The van der Waals surface area contributed by atoms with Crippen LogP contribution in [0.15, 0.2) is 54.7 Å². The van der Waals surface area contributed by atoms with E-state index in [0.717, 1.165) is 37.2 Å². The van der Waals surface area contributed by atoms with Gasteiger partial charge in [-0.05, 0) is 37.5 Å². The van der Waals surface area contributed by atoms with Crippen molar-refractivity contribution in [1.82, 2.24) is 0 Å². The number of benzene rings is 1. The molecule has 1 aromatic rings. The molecule has 4 nitrogen and oxygen atoms in total. The molecular formula is C23H25FeNO3. The van der Waals surface area contributed by atoms with E-state index in [0.29, 0.717) is 5.56 Å². The zero-order chi connectivity index (χ0) is 19.1. The van der Waals surface area contributed by atoms with E-state index in [1.54, 1.807) is 13.0 Å². The van der Waals surface area contributed by atoms with Crippen LogP contribution >= 0.6 is 0 Å². The van der Waals surface area contributed by atoms with Crippen molar-refractivity contribution >= 4 is 17.2 Å². The number of aromatic hydroxyl groups is 1. The van der Waals surface area contributed by atoms with Crippen LogP contribution in [0.4, 0.5) is 5.69 Å². The van der Waals surface area contributed by atoms with Crippen molar-refractivity contribution in [3.8, 4) is 5.75 Å². The van der Waals surface area contributed by atoms with Gasteiger partial charge in [0, 0.05) is 54.3 Å². The maximum atomic E-state index is 12.2. The molecule has 4 rings (SSSR count). The van der Waals surface area contributed by atoms with E-state index < -0.39 is 5.97 Å². The van der Waals surface area contributed by atoms with E-state index in [9.17, 15) is 9.90 Å². The first kappa shape index (κ1) is 22.1. The Morgan fingerprint density at radius 2 is 1.79 bits per heavy atom. The monoisotopic (exact) mass is 419 g/mol. The van der Waals surface area contributed by atoms with Gasteiger partial charge in [-0.1, -0.05) is 42.5 Å². The van der Waals surface area contributed by atoms with E-state index in [1.165, 1.54) is 0 Å². The van der Waals surface area contributed by atoms with Crippen LogP contribution in [0.2, 0.25) is 0 Å². The Morgan fingerprint density at radius 1 is 1.07 bits per heavy atom. The van der Waals surface area contributed by atoms with E-state index in [-0.39, 0.29) is 35.0 Å². The molecule has 1 heterocycles. The van der Waals surface area contributed by atoms with Crippen molar-refractivity contribution in [2.45, 2.75) is 19.8 Å². The minimum atomic E-state index is -0.478. The molecule has 1 aromatic carbocycles. The Morgan fingerprint density at radius 3 is 2.32 bits per heavy atom. The van der Waals surface area contributed by atoms with Crippen LogP contribution in [0.5, 0.6) is 5.75 Å². The topological polar surface area (TPSA) is 49.8 Å². The molecule has 0 amide bonds. The number of carbonyl (C=O) groups is 1. The van der Waals surface area contributed by atoms with Crippen molar-refractivity contribution in [2.24, 2.45) is 0 Å². The zero-order valence-corrected chi connectivity index (χ0v) is 17.1. The number of nitrogens with zero attached hydrogens (tertiary/aromatic N) is 1. The predicted octanol–water partition coefficient (Wildman–Crippen LogP) is 4.64. The quantitative estimate of drug-likeness (QED) is 0.571. The van der Waals surface area contributed by atoms with Gasteiger partial charge in [-0.25, -0.2) is 4.79 Å². The molecule has 0 bridgehead atoms. The molecule has 0 unspecified atom stereocenters. The average Bonchev–Trinajstić information content (AvgIpc) is 3.47. The average molecular weight is 419 g/mol. The van der Waals surface area contributed by atoms with Gasteiger partial charge in [0.15, 0.2) is 0 Å². The standard InChI is InChI=1S/C18H20NO3.C5H5.Fe/c1-2-22-18(21)16-12-14(19-9-5-6-10-19)11-15(17(16)20)13-7-3-4-8-13;1-2-4-5-3-1;/h3-4,7-8,11-12,20H,2,5-6,9-10H2,1H3;1-5H;. The molecule has 3 aliphatic rings. The van der Waals surface area contributed by atoms with Crippen LogP contribution in [-0.2, 0) is 21.8 Å². The van der Waals surface area contributed by atoms with Crippen LogP contribution in [0.25, 0.3) is 5.57 Å². The van der Waals surface area contributed by atoms with Gasteiger partial charge in [-0.15, -0.1) is 0 Å². The van der Waals surface area contributed by atoms with Gasteiger partial charge in [0.1, 0.15) is 11.3 Å². The predicted molar refractivity (Wildman–Crippen MR) is 110 cm³/mol. The maximum Gasteiger partial charge on any atom is 0.342 e. The number of carbonyl (C=O) groups excluding carboxylic acids is 1. The number of phenolic OH excluding ortho intramolecular Hbond substituents is 1. The first-order chi connectivity index (χ1) is 13.2. The maximum absolute atomic E-state index is 12.2. The van der Waals surface area contributed by atoms with E-state index in [2.05, 4.69) is 4.90 Å². The van der Waals surface area contributed by atoms with Crippen LogP contribution in [-0.4, -0.2) is 30.8 Å². The molecule has 0 spiro atoms. The summed E-state index contributed by atoms with van der Waals surface area (Å²) in [7, 11) is 0. The summed E-state index contributed by atoms with van der Waals surface area (Å²) in [5, 5.41) is 10.5. The summed E-state index contributed by atoms with van der Waals surface area (Å²) in [4.78, 5) is 14.4. The first-order valence-corrected chi connectivity index (χ1v) is 9.38. The second kappa shape index (κ2) is 10.9. The van der Waals surface area contributed by atoms with Crippen LogP contribution < -0.4 is 4.90 Å². The third-order valence-corrected chi connectivity index (χ3v) is 4.59. The minimum absolute atomic E-state index is 0. The largest absolute Gasteiger partial charge is 0.506 e. The second-order valence-corrected chi connectivity index (χ2v) is 6.44. The van der Waals surface area contributed by atoms with Gasteiger partial charge in [0.25, 0.3) is 0 Å². The molecule has 0 atom stereocenters. The summed E-state index contributed by atoms with van der Waals surface area (Å²) in [6.45, 7) is 4.01. The van der Waals surface area contributed by atoms with Gasteiger partial charge >= 0.3 is 5.97 Å². The van der Waals surface area contributed by atoms with E-state index >= 15 is 0 Å². The summed E-state index contributed by atoms with van der Waals surface area (Å²) in [6.07, 6.45) is 20.0. The van der Waals surface area contributed by atoms with Crippen LogP contribution in [0.3, 0.4) is 0 Å². The zero-order valence-electron chi connectivity index (χ0n) is 16.0. The van der Waals surface area contributed by atoms with Crippen molar-refractivity contribution < 1.29 is 31.7 Å². The summed E-state index contributed by atoms with van der Waals surface area (Å²) in [5.74, 6) is -0.485. The van der Waals surface area contributed by atoms with Crippen molar-refractivity contribution in [3.63, 3.8) is 0 Å². The Labute approximate surface area is 177 Å². The third kappa shape index (κ3) is 5.40. The Balaban J connectivity index is 0.000000408. The number of rotatable bonds is 4. The second-order valence-electron chi connectivity index (χ2n) is 6.44. The molecule has 0 saturated carbocycles. The Bertz CT molecular complexity index is 792. The van der Waals surface area contributed by atoms with Crippen LogP contribution in [0.1, 0.15) is 35.7 Å². The van der Waals surface area contributed by atoms with Gasteiger partial charge in [-0.2, -0.15) is 0 Å². The molecule has 0 aromatic heterocycles. The first-order valence-electron chi connectivity index (χ1n) is 9.38. The fourth-order valence-corrected chi connectivity index (χ4v) is 3.24. The molecule has 1 N–H and O–H groups in total. The third-order valence-electron chi connectivity index (χ3n) is 4.59. The molecule has 2 aliphatic carbocycles. The smallest absolute Gasteiger partial charge is 0.342 e. The van der Waals surface area contributed by atoms with Crippen molar-refractivity contribution in [1.29, 1.82) is 0 Å². The summed E-state index contributed by atoms with van der Waals surface area (Å²) in [6, 6.07) is 3.70. The van der Waals surface area contributed by atoms with Gasteiger partial charge < -0.3 is 14.7 Å². The number of hydrogen-bond donors (Lipinski definition) is 1. The molecular weight excluding hydrogens is 394 g/mol. The fraction of sp³-hybridized carbons (Fsp3) is 0.261. The Kier molecular flexibility index (Phi) is 8.62.